The maximum absolute atomic E-state index is 6.23. The van der Waals surface area contributed by atoms with Gasteiger partial charge in [0.15, 0.2) is 0 Å². The molecule has 0 aromatic rings. The Bertz CT molecular complexity index is 204. The number of hydrogen-bond acceptors (Lipinski definition) is 3. The Morgan fingerprint density at radius 2 is 2.27 bits per heavy atom. The van der Waals surface area contributed by atoms with Crippen LogP contribution in [-0.4, -0.2) is 42.8 Å². The quantitative estimate of drug-likeness (QED) is 0.765. The van der Waals surface area contributed by atoms with Gasteiger partial charge in [0.2, 0.25) is 0 Å². The van der Waals surface area contributed by atoms with Crippen molar-refractivity contribution in [3.05, 3.63) is 0 Å². The average molecular weight is 212 g/mol. The van der Waals surface area contributed by atoms with E-state index in [1.54, 1.807) is 0 Å². The number of hydrogen-bond donors (Lipinski definition) is 1. The summed E-state index contributed by atoms with van der Waals surface area (Å²) in [6, 6.07) is 0. The minimum Gasteiger partial charge on any atom is -0.376 e. The van der Waals surface area contributed by atoms with Crippen molar-refractivity contribution in [1.82, 2.24) is 4.90 Å². The lowest BCUT2D eigenvalue weighted by Gasteiger charge is -2.41. The van der Waals surface area contributed by atoms with Gasteiger partial charge in [0.1, 0.15) is 0 Å². The van der Waals surface area contributed by atoms with Crippen LogP contribution in [-0.2, 0) is 4.74 Å². The molecule has 0 aromatic heterocycles. The van der Waals surface area contributed by atoms with E-state index < -0.39 is 0 Å². The smallest absolute Gasteiger partial charge is 0.0700 e. The third-order valence-corrected chi connectivity index (χ3v) is 3.95. The van der Waals surface area contributed by atoms with E-state index in [1.807, 2.05) is 0 Å². The van der Waals surface area contributed by atoms with E-state index in [4.69, 9.17) is 10.5 Å². The second-order valence-corrected chi connectivity index (χ2v) is 5.17. The summed E-state index contributed by atoms with van der Waals surface area (Å²) < 4.78 is 5.66. The van der Waals surface area contributed by atoms with Crippen LogP contribution in [0, 0.1) is 0 Å². The van der Waals surface area contributed by atoms with Crippen molar-refractivity contribution < 1.29 is 4.74 Å². The van der Waals surface area contributed by atoms with Gasteiger partial charge >= 0.3 is 0 Å². The molecule has 3 nitrogen and oxygen atoms in total. The van der Waals surface area contributed by atoms with E-state index in [-0.39, 0.29) is 5.54 Å². The summed E-state index contributed by atoms with van der Waals surface area (Å²) >= 11 is 0. The molecule has 0 spiro atoms. The topological polar surface area (TPSA) is 38.5 Å². The summed E-state index contributed by atoms with van der Waals surface area (Å²) in [4.78, 5) is 2.52. The van der Waals surface area contributed by atoms with Crippen molar-refractivity contribution in [2.45, 2.75) is 50.7 Å². The first-order chi connectivity index (χ1) is 7.22. The van der Waals surface area contributed by atoms with Crippen LogP contribution in [0.3, 0.4) is 0 Å². The number of nitrogens with zero attached hydrogens (tertiary/aromatic N) is 1. The molecule has 1 heterocycles. The molecule has 15 heavy (non-hydrogen) atoms. The highest BCUT2D eigenvalue weighted by molar-refractivity contribution is 4.93. The lowest BCUT2D eigenvalue weighted by Crippen LogP contribution is -2.50. The van der Waals surface area contributed by atoms with Crippen molar-refractivity contribution in [3.8, 4) is 0 Å². The zero-order valence-corrected chi connectivity index (χ0v) is 9.87. The third kappa shape index (κ3) is 2.92. The van der Waals surface area contributed by atoms with E-state index in [0.29, 0.717) is 6.10 Å². The predicted octanol–water partition coefficient (Wildman–Crippen LogP) is 1.37. The number of rotatable bonds is 4. The first kappa shape index (κ1) is 11.4. The van der Waals surface area contributed by atoms with E-state index in [1.165, 1.54) is 25.7 Å². The molecule has 0 radical (unpaired) electrons. The summed E-state index contributed by atoms with van der Waals surface area (Å²) in [7, 11) is 0. The third-order valence-electron chi connectivity index (χ3n) is 3.95. The van der Waals surface area contributed by atoms with Crippen molar-refractivity contribution in [3.63, 3.8) is 0 Å². The average Bonchev–Trinajstić information content (AvgIpc) is 2.24. The van der Waals surface area contributed by atoms with Gasteiger partial charge in [0.05, 0.1) is 12.7 Å². The fourth-order valence-corrected chi connectivity index (χ4v) is 2.49. The van der Waals surface area contributed by atoms with Crippen molar-refractivity contribution >= 4 is 0 Å². The summed E-state index contributed by atoms with van der Waals surface area (Å²) in [5.74, 6) is 0. The van der Waals surface area contributed by atoms with Crippen LogP contribution in [0.4, 0.5) is 0 Å². The Balaban J connectivity index is 1.69. The van der Waals surface area contributed by atoms with E-state index in [9.17, 15) is 0 Å². The van der Waals surface area contributed by atoms with Crippen molar-refractivity contribution in [2.24, 2.45) is 5.73 Å². The normalized spacial score (nSPS) is 31.2. The minimum absolute atomic E-state index is 0.181. The van der Waals surface area contributed by atoms with Gasteiger partial charge in [-0.05, 0) is 32.1 Å². The zero-order valence-electron chi connectivity index (χ0n) is 9.87. The maximum Gasteiger partial charge on any atom is 0.0700 e. The fraction of sp³-hybridized carbons (Fsp3) is 1.00. The van der Waals surface area contributed by atoms with Crippen LogP contribution >= 0.6 is 0 Å². The van der Waals surface area contributed by atoms with Crippen LogP contribution < -0.4 is 5.73 Å². The Hall–Kier alpha value is -0.120. The molecule has 2 N–H and O–H groups in total. The molecule has 1 aliphatic carbocycles. The van der Waals surface area contributed by atoms with Crippen molar-refractivity contribution in [1.29, 1.82) is 0 Å². The van der Waals surface area contributed by atoms with E-state index in [0.717, 1.165) is 32.7 Å². The van der Waals surface area contributed by atoms with Crippen molar-refractivity contribution in [2.75, 3.05) is 26.2 Å². The van der Waals surface area contributed by atoms with Gasteiger partial charge in [-0.2, -0.15) is 0 Å². The van der Waals surface area contributed by atoms with Crippen LogP contribution in [0.5, 0.6) is 0 Å². The highest BCUT2D eigenvalue weighted by Crippen LogP contribution is 2.32. The zero-order chi connectivity index (χ0) is 10.7. The molecule has 1 aliphatic heterocycles. The Kier molecular flexibility index (Phi) is 3.65. The predicted molar refractivity (Wildman–Crippen MR) is 61.9 cm³/mol. The molecule has 0 bridgehead atoms. The molecule has 1 saturated carbocycles. The van der Waals surface area contributed by atoms with Crippen LogP contribution in [0.2, 0.25) is 0 Å². The van der Waals surface area contributed by atoms with E-state index in [2.05, 4.69) is 11.8 Å². The summed E-state index contributed by atoms with van der Waals surface area (Å²) in [6.07, 6.45) is 6.54. The van der Waals surface area contributed by atoms with Gasteiger partial charge in [-0.25, -0.2) is 0 Å². The number of morpholine rings is 1. The first-order valence-electron chi connectivity index (χ1n) is 6.35. The molecule has 2 fully saturated rings. The lowest BCUT2D eigenvalue weighted by molar-refractivity contribution is -0.0326. The van der Waals surface area contributed by atoms with Gasteiger partial charge in [-0.3, -0.25) is 4.90 Å². The second kappa shape index (κ2) is 4.81. The Morgan fingerprint density at radius 3 is 2.87 bits per heavy atom. The van der Waals surface area contributed by atoms with Gasteiger partial charge in [-0.15, -0.1) is 0 Å². The molecule has 1 atom stereocenters. The highest BCUT2D eigenvalue weighted by atomic mass is 16.5. The molecule has 0 aromatic carbocycles. The van der Waals surface area contributed by atoms with Gasteiger partial charge in [0.25, 0.3) is 0 Å². The second-order valence-electron chi connectivity index (χ2n) is 5.17. The number of nitrogens with two attached hydrogens (primary N) is 1. The molecule has 2 rings (SSSR count). The van der Waals surface area contributed by atoms with Gasteiger partial charge in [-0.1, -0.05) is 6.92 Å². The van der Waals surface area contributed by atoms with Crippen LogP contribution in [0.15, 0.2) is 0 Å². The molecule has 2 aliphatic rings. The first-order valence-corrected chi connectivity index (χ1v) is 6.35. The highest BCUT2D eigenvalue weighted by Gasteiger charge is 2.32. The largest absolute Gasteiger partial charge is 0.376 e. The summed E-state index contributed by atoms with van der Waals surface area (Å²) in [6.45, 7) is 6.45. The molecular formula is C12H24N2O. The lowest BCUT2D eigenvalue weighted by atomic mass is 9.75. The molecule has 1 saturated heterocycles. The monoisotopic (exact) mass is 212 g/mol. The molecular weight excluding hydrogens is 188 g/mol. The summed E-state index contributed by atoms with van der Waals surface area (Å²) in [5, 5.41) is 0. The van der Waals surface area contributed by atoms with Gasteiger partial charge in [0, 0.05) is 25.2 Å². The standard InChI is InChI=1S/C12H24N2O/c1-2-11-10-14(8-9-15-11)7-6-12(13)4-3-5-12/h11H,2-10,13H2,1H3. The Morgan fingerprint density at radius 1 is 1.47 bits per heavy atom. The SMILES string of the molecule is CCC1CN(CCC2(N)CCC2)CCO1. The number of ether oxygens (including phenoxy) is 1. The fourth-order valence-electron chi connectivity index (χ4n) is 2.49. The molecule has 3 heteroatoms. The molecule has 1 unspecified atom stereocenters. The maximum atomic E-state index is 6.23. The molecule has 88 valence electrons. The van der Waals surface area contributed by atoms with Crippen LogP contribution in [0.25, 0.3) is 0 Å². The van der Waals surface area contributed by atoms with Gasteiger partial charge < -0.3 is 10.5 Å². The minimum atomic E-state index is 0.181. The Labute approximate surface area is 93.0 Å². The molecule has 0 amide bonds. The van der Waals surface area contributed by atoms with Crippen LogP contribution in [0.1, 0.15) is 39.0 Å². The van der Waals surface area contributed by atoms with E-state index >= 15 is 0 Å². The summed E-state index contributed by atoms with van der Waals surface area (Å²) in [5.41, 5.74) is 6.41.